The van der Waals surface area contributed by atoms with E-state index in [2.05, 4.69) is 10.2 Å². The quantitative estimate of drug-likeness (QED) is 0.581. The summed E-state index contributed by atoms with van der Waals surface area (Å²) < 4.78 is 18.6. The largest absolute Gasteiger partial charge is 0.496 e. The van der Waals surface area contributed by atoms with Crippen molar-refractivity contribution in [2.45, 2.75) is 18.8 Å². The number of likely N-dealkylation sites (tertiary alicyclic amines) is 1. The van der Waals surface area contributed by atoms with Gasteiger partial charge in [-0.05, 0) is 43.2 Å². The third kappa shape index (κ3) is 4.11. The fourth-order valence-corrected chi connectivity index (χ4v) is 4.78. The molecule has 2 heterocycles. The van der Waals surface area contributed by atoms with E-state index in [0.717, 1.165) is 34.2 Å². The summed E-state index contributed by atoms with van der Waals surface area (Å²) in [6.45, 7) is 1.20. The molecule has 1 aliphatic heterocycles. The number of halogens is 2. The minimum Gasteiger partial charge on any atom is -0.496 e. The van der Waals surface area contributed by atoms with Crippen LogP contribution >= 0.6 is 22.9 Å². The highest BCUT2D eigenvalue weighted by atomic mass is 35.5. The minimum atomic E-state index is -0.452. The third-order valence-corrected chi connectivity index (χ3v) is 6.50. The smallest absolute Gasteiger partial charge is 0.255 e. The topological polar surface area (TPSA) is 55.3 Å². The number of ether oxygens (including phenoxy) is 1. The molecule has 1 aromatic heterocycles. The Morgan fingerprint density at radius 1 is 1.21 bits per heavy atom. The van der Waals surface area contributed by atoms with Gasteiger partial charge in [-0.3, -0.25) is 4.79 Å². The molecule has 1 fully saturated rings. The van der Waals surface area contributed by atoms with Crippen molar-refractivity contribution < 1.29 is 13.9 Å². The van der Waals surface area contributed by atoms with Gasteiger partial charge in [-0.15, -0.1) is 10.2 Å². The fraction of sp³-hybridized carbons (Fsp3) is 0.286. The van der Waals surface area contributed by atoms with E-state index in [-0.39, 0.29) is 16.8 Å². The van der Waals surface area contributed by atoms with Crippen LogP contribution in [0.1, 0.15) is 34.1 Å². The molecule has 0 atom stereocenters. The number of nitrogens with zero attached hydrogens (tertiary/aromatic N) is 3. The van der Waals surface area contributed by atoms with Crippen LogP contribution in [-0.4, -0.2) is 41.2 Å². The summed E-state index contributed by atoms with van der Waals surface area (Å²) in [5.41, 5.74) is 1.26. The second kappa shape index (κ2) is 8.47. The molecule has 5 nitrogen and oxygen atoms in total. The van der Waals surface area contributed by atoms with Crippen molar-refractivity contribution in [2.75, 3.05) is 20.2 Å². The summed E-state index contributed by atoms with van der Waals surface area (Å²) in [4.78, 5) is 14.5. The predicted molar refractivity (Wildman–Crippen MR) is 111 cm³/mol. The number of carbonyl (C=O) groups is 1. The number of aromatic nitrogens is 2. The lowest BCUT2D eigenvalue weighted by molar-refractivity contribution is 0.0713. The second-order valence-corrected chi connectivity index (χ2v) is 8.25. The SMILES string of the molecule is COc1ccccc1-c1nnc(C2CCN(C(=O)c3ccc(F)cc3Cl)CC2)s1. The van der Waals surface area contributed by atoms with Crippen LogP contribution in [0, 0.1) is 5.82 Å². The molecular weight excluding hydrogens is 413 g/mol. The molecule has 0 bridgehead atoms. The maximum atomic E-state index is 13.2. The van der Waals surface area contributed by atoms with Gasteiger partial charge in [-0.1, -0.05) is 35.1 Å². The Hall–Kier alpha value is -2.51. The molecule has 0 radical (unpaired) electrons. The van der Waals surface area contributed by atoms with Crippen LogP contribution in [0.3, 0.4) is 0 Å². The highest BCUT2D eigenvalue weighted by molar-refractivity contribution is 7.14. The molecule has 2 aromatic carbocycles. The van der Waals surface area contributed by atoms with Crippen LogP contribution in [0.15, 0.2) is 42.5 Å². The molecule has 8 heteroatoms. The van der Waals surface area contributed by atoms with Crippen LogP contribution in [0.4, 0.5) is 4.39 Å². The standard InChI is InChI=1S/C21H19ClFN3O2S/c1-28-18-5-3-2-4-16(18)20-25-24-19(29-20)13-8-10-26(11-9-13)21(27)15-7-6-14(23)12-17(15)22/h2-7,12-13H,8-11H2,1H3. The van der Waals surface area contributed by atoms with Gasteiger partial charge < -0.3 is 9.64 Å². The van der Waals surface area contributed by atoms with Crippen LogP contribution < -0.4 is 4.74 Å². The zero-order chi connectivity index (χ0) is 20.4. The average molecular weight is 432 g/mol. The van der Waals surface area contributed by atoms with E-state index in [1.165, 1.54) is 18.2 Å². The molecule has 29 heavy (non-hydrogen) atoms. The van der Waals surface area contributed by atoms with Gasteiger partial charge in [0.25, 0.3) is 5.91 Å². The van der Waals surface area contributed by atoms with Crippen molar-refractivity contribution in [1.29, 1.82) is 0 Å². The molecular formula is C21H19ClFN3O2S. The van der Waals surface area contributed by atoms with Gasteiger partial charge in [-0.2, -0.15) is 0 Å². The van der Waals surface area contributed by atoms with E-state index >= 15 is 0 Å². The first-order chi connectivity index (χ1) is 14.1. The number of benzene rings is 2. The number of piperidine rings is 1. The predicted octanol–water partition coefficient (Wildman–Crippen LogP) is 5.03. The van der Waals surface area contributed by atoms with E-state index in [0.29, 0.717) is 18.7 Å². The molecule has 0 N–H and O–H groups in total. The summed E-state index contributed by atoms with van der Waals surface area (Å²) in [6, 6.07) is 11.6. The van der Waals surface area contributed by atoms with Crippen LogP contribution in [0.25, 0.3) is 10.6 Å². The average Bonchev–Trinajstić information content (AvgIpc) is 3.23. The van der Waals surface area contributed by atoms with Gasteiger partial charge in [0.1, 0.15) is 16.6 Å². The van der Waals surface area contributed by atoms with Gasteiger partial charge in [0.05, 0.1) is 23.3 Å². The number of hydrogen-bond acceptors (Lipinski definition) is 5. The highest BCUT2D eigenvalue weighted by Gasteiger charge is 2.28. The summed E-state index contributed by atoms with van der Waals surface area (Å²) in [6.07, 6.45) is 1.59. The number of amides is 1. The summed E-state index contributed by atoms with van der Waals surface area (Å²) in [5.74, 6) is 0.406. The number of rotatable bonds is 4. The minimum absolute atomic E-state index is 0.141. The Labute approximate surface area is 177 Å². The lowest BCUT2D eigenvalue weighted by Gasteiger charge is -2.31. The van der Waals surface area contributed by atoms with Gasteiger partial charge in [0.15, 0.2) is 5.01 Å². The van der Waals surface area contributed by atoms with Crippen LogP contribution in [0.5, 0.6) is 5.75 Å². The molecule has 3 aromatic rings. The van der Waals surface area contributed by atoms with Crippen molar-refractivity contribution >= 4 is 28.8 Å². The van der Waals surface area contributed by atoms with Crippen molar-refractivity contribution in [1.82, 2.24) is 15.1 Å². The van der Waals surface area contributed by atoms with E-state index in [1.54, 1.807) is 23.3 Å². The summed E-state index contributed by atoms with van der Waals surface area (Å²) in [5, 5.41) is 10.7. The highest BCUT2D eigenvalue weighted by Crippen LogP contribution is 2.37. The second-order valence-electron chi connectivity index (χ2n) is 6.84. The zero-order valence-corrected chi connectivity index (χ0v) is 17.3. The lowest BCUT2D eigenvalue weighted by Crippen LogP contribution is -2.38. The molecule has 1 aliphatic rings. The maximum Gasteiger partial charge on any atom is 0.255 e. The van der Waals surface area contributed by atoms with Crippen molar-refractivity contribution in [3.8, 4) is 16.3 Å². The maximum absolute atomic E-state index is 13.2. The van der Waals surface area contributed by atoms with E-state index < -0.39 is 5.82 Å². The van der Waals surface area contributed by atoms with Crippen molar-refractivity contribution in [3.63, 3.8) is 0 Å². The number of hydrogen-bond donors (Lipinski definition) is 0. The normalized spacial score (nSPS) is 14.8. The Morgan fingerprint density at radius 2 is 1.97 bits per heavy atom. The number of carbonyl (C=O) groups excluding carboxylic acids is 1. The van der Waals surface area contributed by atoms with Gasteiger partial charge in [0, 0.05) is 19.0 Å². The fourth-order valence-electron chi connectivity index (χ4n) is 3.49. The molecule has 0 saturated carbocycles. The van der Waals surface area contributed by atoms with Crippen molar-refractivity contribution in [2.24, 2.45) is 0 Å². The molecule has 0 aliphatic carbocycles. The number of methoxy groups -OCH3 is 1. The Kier molecular flexibility index (Phi) is 5.78. The molecule has 0 spiro atoms. The summed E-state index contributed by atoms with van der Waals surface area (Å²) >= 11 is 7.60. The van der Waals surface area contributed by atoms with E-state index in [4.69, 9.17) is 16.3 Å². The molecule has 150 valence electrons. The Morgan fingerprint density at radius 3 is 2.69 bits per heavy atom. The molecule has 1 saturated heterocycles. The Balaban J connectivity index is 1.44. The Bertz CT molecular complexity index is 1030. The first kappa shape index (κ1) is 19.8. The monoisotopic (exact) mass is 431 g/mol. The third-order valence-electron chi connectivity index (χ3n) is 5.07. The van der Waals surface area contributed by atoms with E-state index in [1.807, 2.05) is 24.3 Å². The number of para-hydroxylation sites is 1. The van der Waals surface area contributed by atoms with Gasteiger partial charge >= 0.3 is 0 Å². The van der Waals surface area contributed by atoms with Crippen LogP contribution in [0.2, 0.25) is 5.02 Å². The first-order valence-corrected chi connectivity index (χ1v) is 10.5. The van der Waals surface area contributed by atoms with Gasteiger partial charge in [0.2, 0.25) is 0 Å². The van der Waals surface area contributed by atoms with E-state index in [9.17, 15) is 9.18 Å². The van der Waals surface area contributed by atoms with Gasteiger partial charge in [-0.25, -0.2) is 4.39 Å². The first-order valence-electron chi connectivity index (χ1n) is 9.28. The molecule has 0 unspecified atom stereocenters. The van der Waals surface area contributed by atoms with Crippen LogP contribution in [-0.2, 0) is 0 Å². The molecule has 1 amide bonds. The van der Waals surface area contributed by atoms with Crippen molar-refractivity contribution in [3.05, 3.63) is 63.9 Å². The summed E-state index contributed by atoms with van der Waals surface area (Å²) in [7, 11) is 1.64. The lowest BCUT2D eigenvalue weighted by atomic mass is 9.97. The zero-order valence-electron chi connectivity index (χ0n) is 15.8. The molecule has 4 rings (SSSR count).